The van der Waals surface area contributed by atoms with Crippen molar-refractivity contribution in [1.82, 2.24) is 0 Å². The van der Waals surface area contributed by atoms with Crippen molar-refractivity contribution in [1.29, 1.82) is 0 Å². The summed E-state index contributed by atoms with van der Waals surface area (Å²) in [6.07, 6.45) is -0.0740. The third kappa shape index (κ3) is 6.03. The van der Waals surface area contributed by atoms with Crippen LogP contribution in [0, 0.1) is 0 Å². The Balaban J connectivity index is 3.12. The lowest BCUT2D eigenvalue weighted by atomic mass is 10.3. The molecule has 60 valence electrons. The van der Waals surface area contributed by atoms with Gasteiger partial charge in [-0.2, -0.15) is 0 Å². The van der Waals surface area contributed by atoms with E-state index >= 15 is 0 Å². The van der Waals surface area contributed by atoms with Crippen molar-refractivity contribution in [2.45, 2.75) is 26.9 Å². The van der Waals surface area contributed by atoms with Gasteiger partial charge in [-0.05, 0) is 20.8 Å². The summed E-state index contributed by atoms with van der Waals surface area (Å²) in [4.78, 5) is 8.96. The molecule has 0 amide bonds. The van der Waals surface area contributed by atoms with E-state index in [-0.39, 0.29) is 6.10 Å². The van der Waals surface area contributed by atoms with Crippen molar-refractivity contribution in [2.75, 3.05) is 6.61 Å². The lowest BCUT2D eigenvalue weighted by Crippen LogP contribution is -2.24. The Hall–Kier alpha value is -0.0951. The van der Waals surface area contributed by atoms with Crippen LogP contribution in [-0.2, 0) is 14.3 Å². The van der Waals surface area contributed by atoms with Crippen LogP contribution >= 0.6 is 0 Å². The van der Waals surface area contributed by atoms with E-state index in [9.17, 15) is 0 Å². The van der Waals surface area contributed by atoms with Crippen LogP contribution in [0.3, 0.4) is 0 Å². The molecule has 0 saturated carbocycles. The highest BCUT2D eigenvalue weighted by Crippen LogP contribution is 1.91. The molecule has 0 heterocycles. The lowest BCUT2D eigenvalue weighted by molar-refractivity contribution is -0.262. The van der Waals surface area contributed by atoms with Crippen LogP contribution in [0.5, 0.6) is 0 Å². The van der Waals surface area contributed by atoms with E-state index in [0.717, 1.165) is 0 Å². The van der Waals surface area contributed by atoms with Gasteiger partial charge in [0.25, 0.3) is 0 Å². The Kier molecular flexibility index (Phi) is 5.62. The van der Waals surface area contributed by atoms with Gasteiger partial charge in [-0.15, -0.1) is 0 Å². The van der Waals surface area contributed by atoms with Gasteiger partial charge in [0.05, 0.1) is 6.10 Å². The van der Waals surface area contributed by atoms with Gasteiger partial charge in [0.1, 0.15) is 0 Å². The van der Waals surface area contributed by atoms with Crippen LogP contribution in [-0.4, -0.2) is 25.1 Å². The van der Waals surface area contributed by atoms with E-state index < -0.39 is 7.32 Å². The largest absolute Gasteiger partial charge is 0.665 e. The Morgan fingerprint density at radius 1 is 1.50 bits per heavy atom. The van der Waals surface area contributed by atoms with Crippen LogP contribution in [0.15, 0.2) is 0 Å². The van der Waals surface area contributed by atoms with Gasteiger partial charge in [-0.1, -0.05) is 0 Å². The molecule has 4 nitrogen and oxygen atoms in total. The number of hydrogen-bond donors (Lipinski definition) is 1. The van der Waals surface area contributed by atoms with Crippen molar-refractivity contribution in [3.63, 3.8) is 0 Å². The SMILES string of the molecule is CCOB(O)OOC(C)C. The Labute approximate surface area is 61.2 Å². The van der Waals surface area contributed by atoms with Crippen molar-refractivity contribution >= 4 is 7.32 Å². The van der Waals surface area contributed by atoms with E-state index in [1.165, 1.54) is 0 Å². The fraction of sp³-hybridized carbons (Fsp3) is 1.00. The van der Waals surface area contributed by atoms with Crippen molar-refractivity contribution < 1.29 is 19.4 Å². The molecule has 0 aromatic heterocycles. The molecule has 0 fully saturated rings. The first-order valence-electron chi connectivity index (χ1n) is 3.28. The molecule has 0 aliphatic heterocycles. The quantitative estimate of drug-likeness (QED) is 0.347. The fourth-order valence-electron chi connectivity index (χ4n) is 0.329. The molecular weight excluding hydrogens is 135 g/mol. The predicted molar refractivity (Wildman–Crippen MR) is 36.9 cm³/mol. The van der Waals surface area contributed by atoms with E-state index in [2.05, 4.69) is 14.3 Å². The average Bonchev–Trinajstić information content (AvgIpc) is 1.85. The molecular formula is C5H13BO4. The zero-order valence-electron chi connectivity index (χ0n) is 6.53. The molecule has 1 N–H and O–H groups in total. The van der Waals surface area contributed by atoms with Gasteiger partial charge in [-0.25, -0.2) is 9.69 Å². The first kappa shape index (κ1) is 9.90. The second kappa shape index (κ2) is 5.67. The maximum Gasteiger partial charge on any atom is 0.665 e. The highest BCUT2D eigenvalue weighted by molar-refractivity contribution is 6.34. The highest BCUT2D eigenvalue weighted by Gasteiger charge is 2.16. The first-order chi connectivity index (χ1) is 4.66. The summed E-state index contributed by atoms with van der Waals surface area (Å²) in [5.74, 6) is 0. The zero-order valence-corrected chi connectivity index (χ0v) is 6.53. The summed E-state index contributed by atoms with van der Waals surface area (Å²) in [6, 6.07) is 0. The molecule has 5 heteroatoms. The summed E-state index contributed by atoms with van der Waals surface area (Å²) in [5, 5.41) is 8.73. The average molecular weight is 148 g/mol. The Bertz CT molecular complexity index is 78.0. The third-order valence-corrected chi connectivity index (χ3v) is 0.640. The van der Waals surface area contributed by atoms with Crippen molar-refractivity contribution in [3.05, 3.63) is 0 Å². The zero-order chi connectivity index (χ0) is 7.98. The molecule has 0 saturated heterocycles. The Morgan fingerprint density at radius 3 is 2.50 bits per heavy atom. The Morgan fingerprint density at radius 2 is 2.10 bits per heavy atom. The molecule has 0 bridgehead atoms. The molecule has 10 heavy (non-hydrogen) atoms. The molecule has 0 atom stereocenters. The van der Waals surface area contributed by atoms with Crippen LogP contribution in [0.1, 0.15) is 20.8 Å². The van der Waals surface area contributed by atoms with Gasteiger partial charge in [0.15, 0.2) is 0 Å². The fourth-order valence-corrected chi connectivity index (χ4v) is 0.329. The summed E-state index contributed by atoms with van der Waals surface area (Å²) in [6.45, 7) is 5.72. The highest BCUT2D eigenvalue weighted by atomic mass is 17.2. The van der Waals surface area contributed by atoms with Gasteiger partial charge >= 0.3 is 7.32 Å². The summed E-state index contributed by atoms with van der Waals surface area (Å²) >= 11 is 0. The normalized spacial score (nSPS) is 10.5. The monoisotopic (exact) mass is 148 g/mol. The number of hydrogen-bond acceptors (Lipinski definition) is 4. The van der Waals surface area contributed by atoms with Crippen molar-refractivity contribution in [2.24, 2.45) is 0 Å². The maximum absolute atomic E-state index is 8.73. The third-order valence-electron chi connectivity index (χ3n) is 0.640. The lowest BCUT2D eigenvalue weighted by Gasteiger charge is -2.07. The van der Waals surface area contributed by atoms with Crippen LogP contribution in [0.25, 0.3) is 0 Å². The standard InChI is InChI=1S/C5H13BO4/c1-4-8-6(7)10-9-5(2)3/h5,7H,4H2,1-3H3. The van der Waals surface area contributed by atoms with Gasteiger partial charge in [0, 0.05) is 6.61 Å². The minimum Gasteiger partial charge on any atom is -0.400 e. The van der Waals surface area contributed by atoms with Gasteiger partial charge < -0.3 is 9.68 Å². The van der Waals surface area contributed by atoms with E-state index in [1.54, 1.807) is 20.8 Å². The van der Waals surface area contributed by atoms with E-state index in [0.29, 0.717) is 6.61 Å². The van der Waals surface area contributed by atoms with Gasteiger partial charge in [0.2, 0.25) is 0 Å². The maximum atomic E-state index is 8.73. The van der Waals surface area contributed by atoms with Crippen LogP contribution in [0.2, 0.25) is 0 Å². The van der Waals surface area contributed by atoms with Crippen molar-refractivity contribution in [3.8, 4) is 0 Å². The topological polar surface area (TPSA) is 47.9 Å². The summed E-state index contributed by atoms with van der Waals surface area (Å²) in [5.41, 5.74) is 0. The second-order valence-electron chi connectivity index (χ2n) is 2.00. The van der Waals surface area contributed by atoms with Crippen LogP contribution < -0.4 is 0 Å². The molecule has 0 aliphatic carbocycles. The van der Waals surface area contributed by atoms with Gasteiger partial charge in [-0.3, -0.25) is 0 Å². The molecule has 0 rings (SSSR count). The summed E-state index contributed by atoms with van der Waals surface area (Å²) in [7, 11) is -1.27. The number of rotatable bonds is 5. The molecule has 0 spiro atoms. The molecule has 0 aliphatic rings. The molecule has 0 aromatic carbocycles. The van der Waals surface area contributed by atoms with Crippen LogP contribution in [0.4, 0.5) is 0 Å². The predicted octanol–water partition coefficient (Wildman–Crippen LogP) is 0.357. The molecule has 0 unspecified atom stereocenters. The first-order valence-corrected chi connectivity index (χ1v) is 3.28. The van der Waals surface area contributed by atoms with E-state index in [1.807, 2.05) is 0 Å². The second-order valence-corrected chi connectivity index (χ2v) is 2.00. The molecule has 0 aromatic rings. The minimum atomic E-state index is -1.27. The minimum absolute atomic E-state index is 0.0740. The van der Waals surface area contributed by atoms with E-state index in [4.69, 9.17) is 5.02 Å². The smallest absolute Gasteiger partial charge is 0.400 e. The summed E-state index contributed by atoms with van der Waals surface area (Å²) < 4.78 is 4.60. The molecule has 0 radical (unpaired) electrons.